The molecule has 5 heteroatoms. The van der Waals surface area contributed by atoms with Gasteiger partial charge in [-0.25, -0.2) is 0 Å². The Labute approximate surface area is 126 Å². The first-order valence-electron chi connectivity index (χ1n) is 8.32. The summed E-state index contributed by atoms with van der Waals surface area (Å²) in [6.45, 7) is 2.35. The maximum atomic E-state index is 12.3. The lowest BCUT2D eigenvalue weighted by atomic mass is 9.78. The van der Waals surface area contributed by atoms with Gasteiger partial charge in [-0.15, -0.1) is 0 Å². The van der Waals surface area contributed by atoms with Crippen LogP contribution in [0.25, 0.3) is 0 Å². The number of hydrogen-bond acceptors (Lipinski definition) is 4. The van der Waals surface area contributed by atoms with E-state index in [1.165, 1.54) is 12.8 Å². The number of carbonyl (C=O) groups is 1. The fourth-order valence-electron chi connectivity index (χ4n) is 4.49. The first kappa shape index (κ1) is 14.8. The van der Waals surface area contributed by atoms with E-state index < -0.39 is 5.54 Å². The third-order valence-corrected chi connectivity index (χ3v) is 5.65. The summed E-state index contributed by atoms with van der Waals surface area (Å²) >= 11 is 0. The zero-order valence-electron chi connectivity index (χ0n) is 12.7. The van der Waals surface area contributed by atoms with E-state index >= 15 is 0 Å². The number of rotatable bonds is 3. The minimum absolute atomic E-state index is 0.00525. The Hall–Kier alpha value is -1.12. The van der Waals surface area contributed by atoms with Gasteiger partial charge in [0.15, 0.2) is 0 Å². The molecule has 3 rings (SSSR count). The van der Waals surface area contributed by atoms with Gasteiger partial charge in [0.25, 0.3) is 0 Å². The first-order chi connectivity index (χ1) is 10.1. The van der Waals surface area contributed by atoms with Crippen molar-refractivity contribution in [1.29, 1.82) is 5.26 Å². The Kier molecular flexibility index (Phi) is 4.19. The topological polar surface area (TPSA) is 82.2 Å². The summed E-state index contributed by atoms with van der Waals surface area (Å²) in [4.78, 5) is 14.5. The van der Waals surface area contributed by atoms with Crippen LogP contribution >= 0.6 is 0 Å². The van der Waals surface area contributed by atoms with Gasteiger partial charge >= 0.3 is 0 Å². The number of amides is 1. The van der Waals surface area contributed by atoms with Crippen LogP contribution in [0.2, 0.25) is 0 Å². The van der Waals surface area contributed by atoms with Crippen molar-refractivity contribution in [1.82, 2.24) is 10.2 Å². The van der Waals surface area contributed by atoms with E-state index in [0.29, 0.717) is 24.4 Å². The monoisotopic (exact) mass is 290 g/mol. The molecule has 3 atom stereocenters. The molecule has 0 aromatic rings. The Bertz CT molecular complexity index is 438. The molecule has 0 bridgehead atoms. The van der Waals surface area contributed by atoms with Gasteiger partial charge in [-0.3, -0.25) is 9.69 Å². The molecule has 2 aliphatic carbocycles. The van der Waals surface area contributed by atoms with Crippen LogP contribution in [0.15, 0.2) is 0 Å². The van der Waals surface area contributed by atoms with E-state index in [4.69, 9.17) is 5.73 Å². The zero-order valence-corrected chi connectivity index (χ0v) is 12.7. The van der Waals surface area contributed by atoms with Crippen LogP contribution in [0.1, 0.15) is 44.9 Å². The lowest BCUT2D eigenvalue weighted by Crippen LogP contribution is -2.48. The Morgan fingerprint density at radius 3 is 2.71 bits per heavy atom. The molecule has 5 nitrogen and oxygen atoms in total. The molecule has 116 valence electrons. The number of likely N-dealkylation sites (tertiary alicyclic amines) is 1. The van der Waals surface area contributed by atoms with E-state index in [2.05, 4.69) is 16.3 Å². The van der Waals surface area contributed by atoms with Crippen LogP contribution in [-0.2, 0) is 4.79 Å². The minimum Gasteiger partial charge on any atom is -0.337 e. The predicted octanol–water partition coefficient (Wildman–Crippen LogP) is 0.998. The summed E-state index contributed by atoms with van der Waals surface area (Å²) in [6.07, 6.45) is 7.26. The van der Waals surface area contributed by atoms with Gasteiger partial charge in [-0.2, -0.15) is 5.26 Å². The summed E-state index contributed by atoms with van der Waals surface area (Å²) in [7, 11) is 0. The standard InChI is InChI=1S/C16H26N4O/c17-11-16(6-1-2-7-16)19-15(21)10-20-8-12-4-3-5-14(18)13(12)9-20/h12-14H,1-10,18H2,(H,19,21). The summed E-state index contributed by atoms with van der Waals surface area (Å²) in [5.74, 6) is 1.23. The molecule has 2 saturated carbocycles. The highest BCUT2D eigenvalue weighted by atomic mass is 16.2. The van der Waals surface area contributed by atoms with E-state index in [0.717, 1.165) is 45.2 Å². The van der Waals surface area contributed by atoms with Gasteiger partial charge in [0, 0.05) is 19.1 Å². The molecule has 0 radical (unpaired) electrons. The second-order valence-electron chi connectivity index (χ2n) is 7.16. The van der Waals surface area contributed by atoms with Gasteiger partial charge in [0.1, 0.15) is 5.54 Å². The van der Waals surface area contributed by atoms with E-state index in [1.807, 2.05) is 0 Å². The van der Waals surface area contributed by atoms with Crippen LogP contribution in [0.5, 0.6) is 0 Å². The van der Waals surface area contributed by atoms with Crippen molar-refractivity contribution in [2.75, 3.05) is 19.6 Å². The molecule has 3 unspecified atom stereocenters. The van der Waals surface area contributed by atoms with Crippen molar-refractivity contribution < 1.29 is 4.79 Å². The molecule has 1 aliphatic heterocycles. The zero-order chi connectivity index (χ0) is 14.9. The fraction of sp³-hybridized carbons (Fsp3) is 0.875. The van der Waals surface area contributed by atoms with E-state index in [1.54, 1.807) is 0 Å². The Morgan fingerprint density at radius 2 is 2.05 bits per heavy atom. The summed E-state index contributed by atoms with van der Waals surface area (Å²) in [5, 5.41) is 12.3. The average molecular weight is 290 g/mol. The van der Waals surface area contributed by atoms with Crippen LogP contribution in [0.3, 0.4) is 0 Å². The van der Waals surface area contributed by atoms with Crippen molar-refractivity contribution in [3.05, 3.63) is 0 Å². The SMILES string of the molecule is N#CC1(NC(=O)CN2CC3CCCC(N)C3C2)CCCC1. The molecular weight excluding hydrogens is 264 g/mol. The molecule has 1 saturated heterocycles. The number of nitrogens with one attached hydrogen (secondary N) is 1. The molecule has 1 amide bonds. The lowest BCUT2D eigenvalue weighted by Gasteiger charge is -2.29. The average Bonchev–Trinajstić information content (AvgIpc) is 3.06. The summed E-state index contributed by atoms with van der Waals surface area (Å²) in [6, 6.07) is 2.62. The molecule has 0 spiro atoms. The molecule has 1 heterocycles. The van der Waals surface area contributed by atoms with Gasteiger partial charge in [0.05, 0.1) is 12.6 Å². The minimum atomic E-state index is -0.597. The van der Waals surface area contributed by atoms with Crippen molar-refractivity contribution in [3.63, 3.8) is 0 Å². The molecule has 0 aromatic carbocycles. The number of fused-ring (bicyclic) bond motifs is 1. The quantitative estimate of drug-likeness (QED) is 0.812. The predicted molar refractivity (Wildman–Crippen MR) is 80.2 cm³/mol. The molecule has 3 N–H and O–H groups in total. The second kappa shape index (κ2) is 5.94. The molecular formula is C16H26N4O. The van der Waals surface area contributed by atoms with E-state index in [-0.39, 0.29) is 5.91 Å². The normalized spacial score (nSPS) is 35.1. The Morgan fingerprint density at radius 1 is 1.29 bits per heavy atom. The summed E-state index contributed by atoms with van der Waals surface area (Å²) < 4.78 is 0. The van der Waals surface area contributed by atoms with Crippen LogP contribution in [0.4, 0.5) is 0 Å². The highest BCUT2D eigenvalue weighted by Crippen LogP contribution is 2.35. The molecule has 3 fully saturated rings. The maximum Gasteiger partial charge on any atom is 0.235 e. The van der Waals surface area contributed by atoms with Gasteiger partial charge in [0.2, 0.25) is 5.91 Å². The van der Waals surface area contributed by atoms with Crippen molar-refractivity contribution in [2.45, 2.75) is 56.5 Å². The van der Waals surface area contributed by atoms with Crippen molar-refractivity contribution in [2.24, 2.45) is 17.6 Å². The van der Waals surface area contributed by atoms with Crippen molar-refractivity contribution >= 4 is 5.91 Å². The maximum absolute atomic E-state index is 12.3. The van der Waals surface area contributed by atoms with Crippen molar-refractivity contribution in [3.8, 4) is 6.07 Å². The lowest BCUT2D eigenvalue weighted by molar-refractivity contribution is -0.123. The largest absolute Gasteiger partial charge is 0.337 e. The van der Waals surface area contributed by atoms with Gasteiger partial charge in [-0.05, 0) is 50.4 Å². The first-order valence-corrected chi connectivity index (χ1v) is 8.32. The third-order valence-electron chi connectivity index (χ3n) is 5.65. The number of carbonyl (C=O) groups excluding carboxylic acids is 1. The second-order valence-corrected chi connectivity index (χ2v) is 7.16. The number of nitrogens with two attached hydrogens (primary N) is 1. The van der Waals surface area contributed by atoms with Crippen LogP contribution in [0, 0.1) is 23.2 Å². The van der Waals surface area contributed by atoms with Crippen LogP contribution < -0.4 is 11.1 Å². The highest BCUT2D eigenvalue weighted by molar-refractivity contribution is 5.79. The van der Waals surface area contributed by atoms with Gasteiger partial charge in [-0.1, -0.05) is 6.42 Å². The number of hydrogen-bond donors (Lipinski definition) is 2. The molecule has 0 aromatic heterocycles. The fourth-order valence-corrected chi connectivity index (χ4v) is 4.49. The van der Waals surface area contributed by atoms with Gasteiger partial charge < -0.3 is 11.1 Å². The smallest absolute Gasteiger partial charge is 0.235 e. The molecule has 3 aliphatic rings. The highest BCUT2D eigenvalue weighted by Gasteiger charge is 2.40. The summed E-state index contributed by atoms with van der Waals surface area (Å²) in [5.41, 5.74) is 5.62. The molecule has 21 heavy (non-hydrogen) atoms. The Balaban J connectivity index is 1.53. The third kappa shape index (κ3) is 3.07. The number of nitriles is 1. The van der Waals surface area contributed by atoms with Crippen LogP contribution in [-0.4, -0.2) is 42.0 Å². The van der Waals surface area contributed by atoms with E-state index in [9.17, 15) is 10.1 Å². The number of nitrogens with zero attached hydrogens (tertiary/aromatic N) is 2.